The maximum absolute atomic E-state index is 3.79. The summed E-state index contributed by atoms with van der Waals surface area (Å²) in [7, 11) is 6.39. The van der Waals surface area contributed by atoms with Gasteiger partial charge in [-0.2, -0.15) is 0 Å². The summed E-state index contributed by atoms with van der Waals surface area (Å²) in [5.74, 6) is 0. The molecule has 1 aromatic rings. The van der Waals surface area contributed by atoms with Crippen LogP contribution in [0, 0.1) is 0 Å². The molecule has 1 heterocycles. The number of anilines is 1. The number of nitrogens with one attached hydrogen (secondary N) is 1. The van der Waals surface area contributed by atoms with Gasteiger partial charge in [-0.25, -0.2) is 0 Å². The Labute approximate surface area is 124 Å². The molecule has 0 aromatic heterocycles. The van der Waals surface area contributed by atoms with E-state index in [-0.39, 0.29) is 0 Å². The fourth-order valence-corrected chi connectivity index (χ4v) is 2.95. The van der Waals surface area contributed by atoms with E-state index in [0.717, 1.165) is 0 Å². The van der Waals surface area contributed by atoms with Crippen molar-refractivity contribution in [3.05, 3.63) is 29.8 Å². The molecule has 1 fully saturated rings. The van der Waals surface area contributed by atoms with E-state index in [2.05, 4.69) is 74.4 Å². The Morgan fingerprint density at radius 3 is 2.45 bits per heavy atom. The first-order valence-electron chi connectivity index (χ1n) is 7.71. The quantitative estimate of drug-likeness (QED) is 0.911. The minimum atomic E-state index is 0.423. The zero-order valence-corrected chi connectivity index (χ0v) is 13.6. The van der Waals surface area contributed by atoms with Crippen molar-refractivity contribution in [2.75, 3.05) is 32.6 Å². The van der Waals surface area contributed by atoms with Crippen molar-refractivity contribution < 1.29 is 0 Å². The van der Waals surface area contributed by atoms with Crippen LogP contribution in [-0.4, -0.2) is 44.7 Å². The third-order valence-electron chi connectivity index (χ3n) is 4.60. The Morgan fingerprint density at radius 2 is 1.90 bits per heavy atom. The Balaban J connectivity index is 1.92. The summed E-state index contributed by atoms with van der Waals surface area (Å²) in [5, 5.41) is 3.79. The highest BCUT2D eigenvalue weighted by Crippen LogP contribution is 2.21. The number of benzene rings is 1. The summed E-state index contributed by atoms with van der Waals surface area (Å²) in [6, 6.07) is 10.6. The first kappa shape index (κ1) is 15.3. The van der Waals surface area contributed by atoms with Gasteiger partial charge < -0.3 is 15.1 Å². The second-order valence-corrected chi connectivity index (χ2v) is 6.43. The van der Waals surface area contributed by atoms with E-state index in [4.69, 9.17) is 0 Å². The Hall–Kier alpha value is -1.06. The lowest BCUT2D eigenvalue weighted by Gasteiger charge is -2.36. The third kappa shape index (κ3) is 3.74. The highest BCUT2D eigenvalue weighted by molar-refractivity contribution is 5.46. The van der Waals surface area contributed by atoms with Crippen molar-refractivity contribution in [3.63, 3.8) is 0 Å². The molecule has 2 rings (SSSR count). The van der Waals surface area contributed by atoms with Crippen molar-refractivity contribution >= 4 is 5.69 Å². The molecule has 0 saturated carbocycles. The van der Waals surface area contributed by atoms with Crippen molar-refractivity contribution in [1.82, 2.24) is 10.2 Å². The second-order valence-electron chi connectivity index (χ2n) is 6.43. The molecule has 1 aliphatic rings. The number of piperidine rings is 1. The first-order valence-corrected chi connectivity index (χ1v) is 7.71. The van der Waals surface area contributed by atoms with Gasteiger partial charge in [0.25, 0.3) is 0 Å². The highest BCUT2D eigenvalue weighted by Gasteiger charge is 2.23. The Kier molecular flexibility index (Phi) is 5.06. The van der Waals surface area contributed by atoms with Gasteiger partial charge in [0.05, 0.1) is 0 Å². The largest absolute Gasteiger partial charge is 0.378 e. The van der Waals surface area contributed by atoms with Crippen molar-refractivity contribution in [2.24, 2.45) is 0 Å². The van der Waals surface area contributed by atoms with E-state index in [1.807, 2.05) is 0 Å². The van der Waals surface area contributed by atoms with E-state index in [9.17, 15) is 0 Å². The number of hydrogen-bond acceptors (Lipinski definition) is 3. The predicted octanol–water partition coefficient (Wildman–Crippen LogP) is 2.89. The van der Waals surface area contributed by atoms with Gasteiger partial charge in [0.15, 0.2) is 0 Å². The molecule has 0 spiro atoms. The number of hydrogen-bond donors (Lipinski definition) is 1. The van der Waals surface area contributed by atoms with Crippen LogP contribution in [0.5, 0.6) is 0 Å². The number of nitrogens with zero attached hydrogens (tertiary/aromatic N) is 2. The van der Waals surface area contributed by atoms with Gasteiger partial charge in [-0.15, -0.1) is 0 Å². The maximum atomic E-state index is 3.79. The molecule has 3 unspecified atom stereocenters. The van der Waals surface area contributed by atoms with Crippen LogP contribution in [0.15, 0.2) is 24.3 Å². The molecule has 3 nitrogen and oxygen atoms in total. The maximum Gasteiger partial charge on any atom is 0.0361 e. The first-order chi connectivity index (χ1) is 9.47. The number of likely N-dealkylation sites (tertiary alicyclic amines) is 1. The normalized spacial score (nSPS) is 25.4. The van der Waals surface area contributed by atoms with Crippen LogP contribution in [0.2, 0.25) is 0 Å². The zero-order valence-electron chi connectivity index (χ0n) is 13.6. The van der Waals surface area contributed by atoms with Gasteiger partial charge in [0.2, 0.25) is 0 Å². The zero-order chi connectivity index (χ0) is 14.7. The van der Waals surface area contributed by atoms with Gasteiger partial charge in [0.1, 0.15) is 0 Å². The smallest absolute Gasteiger partial charge is 0.0361 e. The minimum absolute atomic E-state index is 0.423. The van der Waals surface area contributed by atoms with Crippen molar-refractivity contribution in [3.8, 4) is 0 Å². The molecule has 0 radical (unpaired) electrons. The van der Waals surface area contributed by atoms with Crippen LogP contribution in [0.1, 0.15) is 38.3 Å². The summed E-state index contributed by atoms with van der Waals surface area (Å²) < 4.78 is 0. The molecular weight excluding hydrogens is 246 g/mol. The summed E-state index contributed by atoms with van der Waals surface area (Å²) in [4.78, 5) is 4.59. The van der Waals surface area contributed by atoms with Crippen LogP contribution in [-0.2, 0) is 0 Å². The second kappa shape index (κ2) is 6.59. The van der Waals surface area contributed by atoms with Gasteiger partial charge in [-0.1, -0.05) is 12.1 Å². The Bertz CT molecular complexity index is 413. The van der Waals surface area contributed by atoms with Crippen LogP contribution in [0.3, 0.4) is 0 Å². The topological polar surface area (TPSA) is 18.5 Å². The fourth-order valence-electron chi connectivity index (χ4n) is 2.95. The highest BCUT2D eigenvalue weighted by atomic mass is 15.1. The van der Waals surface area contributed by atoms with Crippen LogP contribution < -0.4 is 10.2 Å². The lowest BCUT2D eigenvalue weighted by molar-refractivity contribution is 0.163. The van der Waals surface area contributed by atoms with E-state index < -0.39 is 0 Å². The molecule has 1 aromatic carbocycles. The van der Waals surface area contributed by atoms with Crippen LogP contribution >= 0.6 is 0 Å². The van der Waals surface area contributed by atoms with Crippen LogP contribution in [0.4, 0.5) is 5.69 Å². The summed E-state index contributed by atoms with van der Waals surface area (Å²) >= 11 is 0. The van der Waals surface area contributed by atoms with Crippen molar-refractivity contribution in [2.45, 2.75) is 44.8 Å². The standard InChI is InChI=1S/C17H29N3/c1-13-12-16(10-11-20(13)5)18-14(2)15-6-8-17(9-7-15)19(3)4/h6-9,13-14,16,18H,10-12H2,1-5H3. The van der Waals surface area contributed by atoms with E-state index in [1.54, 1.807) is 0 Å². The number of rotatable bonds is 4. The monoisotopic (exact) mass is 275 g/mol. The van der Waals surface area contributed by atoms with Crippen LogP contribution in [0.25, 0.3) is 0 Å². The molecule has 1 N–H and O–H groups in total. The predicted molar refractivity (Wildman–Crippen MR) is 87.4 cm³/mol. The average Bonchev–Trinajstić information content (AvgIpc) is 2.43. The average molecular weight is 275 g/mol. The minimum Gasteiger partial charge on any atom is -0.378 e. The molecule has 0 aliphatic carbocycles. The summed E-state index contributed by atoms with van der Waals surface area (Å²) in [5.41, 5.74) is 2.64. The van der Waals surface area contributed by atoms with E-state index >= 15 is 0 Å². The van der Waals surface area contributed by atoms with Crippen molar-refractivity contribution in [1.29, 1.82) is 0 Å². The van der Waals surface area contributed by atoms with Gasteiger partial charge in [-0.05, 0) is 58.0 Å². The fraction of sp³-hybridized carbons (Fsp3) is 0.647. The Morgan fingerprint density at radius 1 is 1.25 bits per heavy atom. The molecular formula is C17H29N3. The lowest BCUT2D eigenvalue weighted by Crippen LogP contribution is -2.46. The molecule has 3 heteroatoms. The summed E-state index contributed by atoms with van der Waals surface area (Å²) in [6.07, 6.45) is 2.50. The van der Waals surface area contributed by atoms with Gasteiger partial charge >= 0.3 is 0 Å². The molecule has 112 valence electrons. The molecule has 20 heavy (non-hydrogen) atoms. The van der Waals surface area contributed by atoms with E-state index in [1.165, 1.54) is 30.6 Å². The SMILES string of the molecule is CC(NC1CCN(C)C(C)C1)c1ccc(N(C)C)cc1. The molecule has 1 aliphatic heterocycles. The van der Waals surface area contributed by atoms with Gasteiger partial charge in [-0.3, -0.25) is 0 Å². The lowest BCUT2D eigenvalue weighted by atomic mass is 9.97. The van der Waals surface area contributed by atoms with Gasteiger partial charge in [0, 0.05) is 37.9 Å². The molecule has 0 amide bonds. The van der Waals surface area contributed by atoms with E-state index in [0.29, 0.717) is 18.1 Å². The summed E-state index contributed by atoms with van der Waals surface area (Å²) in [6.45, 7) is 5.79. The molecule has 1 saturated heterocycles. The third-order valence-corrected chi connectivity index (χ3v) is 4.60. The molecule has 3 atom stereocenters. The molecule has 0 bridgehead atoms.